The molecule has 1 heterocycles. The van der Waals surface area contributed by atoms with Gasteiger partial charge in [0.05, 0.1) is 19.5 Å². The van der Waals surface area contributed by atoms with Crippen molar-refractivity contribution in [1.82, 2.24) is 10.2 Å². The smallest absolute Gasteiger partial charge is 0.237 e. The lowest BCUT2D eigenvalue weighted by Crippen LogP contribution is -2.22. The highest BCUT2D eigenvalue weighted by Crippen LogP contribution is 2.32. The summed E-state index contributed by atoms with van der Waals surface area (Å²) >= 11 is 2.78. The van der Waals surface area contributed by atoms with Crippen LogP contribution in [0.2, 0.25) is 0 Å². The first-order chi connectivity index (χ1) is 14.4. The molecular weight excluding hydrogens is 420 g/mol. The van der Waals surface area contributed by atoms with Crippen LogP contribution in [0.3, 0.4) is 0 Å². The minimum atomic E-state index is -0.347. The number of methoxy groups -OCH3 is 2. The second-order valence-electron chi connectivity index (χ2n) is 6.62. The van der Waals surface area contributed by atoms with Crippen molar-refractivity contribution in [2.45, 2.75) is 30.4 Å². The van der Waals surface area contributed by atoms with Gasteiger partial charge in [0.15, 0.2) is 15.8 Å². The van der Waals surface area contributed by atoms with Gasteiger partial charge in [-0.3, -0.25) is 4.79 Å². The summed E-state index contributed by atoms with van der Waals surface area (Å²) in [4.78, 5) is 12.6. The normalized spacial score (nSPS) is 11.6. The molecule has 0 aliphatic carbocycles. The van der Waals surface area contributed by atoms with Crippen molar-refractivity contribution >= 4 is 45.5 Å². The lowest BCUT2D eigenvalue weighted by Gasteiger charge is -2.13. The van der Waals surface area contributed by atoms with Gasteiger partial charge in [0.25, 0.3) is 0 Å². The van der Waals surface area contributed by atoms with E-state index in [4.69, 9.17) is 9.47 Å². The van der Waals surface area contributed by atoms with Crippen molar-refractivity contribution in [3.05, 3.63) is 47.5 Å². The molecule has 158 valence electrons. The molecule has 1 aromatic heterocycles. The summed E-state index contributed by atoms with van der Waals surface area (Å²) in [6, 6.07) is 11.4. The highest BCUT2D eigenvalue weighted by Gasteiger charge is 2.18. The Bertz CT molecular complexity index is 1040. The second-order valence-corrected chi connectivity index (χ2v) is 9.18. The number of thioether (sulfide) groups is 1. The van der Waals surface area contributed by atoms with Gasteiger partial charge in [-0.25, -0.2) is 0 Å². The van der Waals surface area contributed by atoms with Crippen molar-refractivity contribution in [3.63, 3.8) is 0 Å². The molecule has 0 spiro atoms. The first kappa shape index (κ1) is 21.9. The van der Waals surface area contributed by atoms with Crippen molar-refractivity contribution in [1.29, 1.82) is 0 Å². The number of benzene rings is 2. The molecular formula is C21H24N4O3S2. The number of carbonyl (C=O) groups is 1. The summed E-state index contributed by atoms with van der Waals surface area (Å²) in [5, 5.41) is 14.9. The first-order valence-corrected chi connectivity index (χ1v) is 11.0. The Morgan fingerprint density at radius 2 is 1.73 bits per heavy atom. The highest BCUT2D eigenvalue weighted by molar-refractivity contribution is 8.02. The molecule has 0 bridgehead atoms. The molecule has 3 rings (SSSR count). The van der Waals surface area contributed by atoms with Crippen LogP contribution in [0.5, 0.6) is 11.5 Å². The summed E-state index contributed by atoms with van der Waals surface area (Å²) in [6.45, 7) is 5.98. The van der Waals surface area contributed by atoms with Crippen LogP contribution in [0.1, 0.15) is 18.1 Å². The number of ether oxygens (including phenoxy) is 2. The van der Waals surface area contributed by atoms with Gasteiger partial charge < -0.3 is 20.1 Å². The maximum Gasteiger partial charge on any atom is 0.237 e. The largest absolute Gasteiger partial charge is 0.493 e. The summed E-state index contributed by atoms with van der Waals surface area (Å²) < 4.78 is 11.2. The third-order valence-electron chi connectivity index (χ3n) is 4.46. The summed E-state index contributed by atoms with van der Waals surface area (Å²) in [6.07, 6.45) is 0. The Kier molecular flexibility index (Phi) is 7.17. The number of nitrogens with zero attached hydrogens (tertiary/aromatic N) is 2. The Balaban J connectivity index is 1.60. The molecule has 0 saturated carbocycles. The lowest BCUT2D eigenvalue weighted by atomic mass is 10.1. The molecule has 0 saturated heterocycles. The van der Waals surface area contributed by atoms with Crippen LogP contribution in [0.4, 0.5) is 16.5 Å². The zero-order valence-electron chi connectivity index (χ0n) is 17.5. The Morgan fingerprint density at radius 3 is 2.43 bits per heavy atom. The maximum absolute atomic E-state index is 12.6. The number of hydrogen-bond donors (Lipinski definition) is 2. The van der Waals surface area contributed by atoms with Crippen LogP contribution in [0, 0.1) is 13.8 Å². The zero-order valence-corrected chi connectivity index (χ0v) is 19.1. The van der Waals surface area contributed by atoms with E-state index >= 15 is 0 Å². The van der Waals surface area contributed by atoms with E-state index in [0.29, 0.717) is 22.3 Å². The predicted molar refractivity (Wildman–Crippen MR) is 123 cm³/mol. The number of aryl methyl sites for hydroxylation is 2. The van der Waals surface area contributed by atoms with Gasteiger partial charge in [-0.1, -0.05) is 29.2 Å². The van der Waals surface area contributed by atoms with E-state index in [1.807, 2.05) is 13.0 Å². The third kappa shape index (κ3) is 5.43. The molecule has 1 amide bonds. The molecule has 2 N–H and O–H groups in total. The summed E-state index contributed by atoms with van der Waals surface area (Å²) in [7, 11) is 3.13. The van der Waals surface area contributed by atoms with Gasteiger partial charge in [0.2, 0.25) is 11.0 Å². The number of anilines is 3. The number of amides is 1. The third-order valence-corrected chi connectivity index (χ3v) is 6.49. The zero-order chi connectivity index (χ0) is 21.7. The van der Waals surface area contributed by atoms with E-state index in [0.717, 1.165) is 10.0 Å². The van der Waals surface area contributed by atoms with Crippen LogP contribution in [0.15, 0.2) is 40.7 Å². The number of hydrogen-bond acceptors (Lipinski definition) is 8. The fraction of sp³-hybridized carbons (Fsp3) is 0.286. The molecule has 7 nitrogen and oxygen atoms in total. The number of carbonyl (C=O) groups excluding carboxylic acids is 1. The van der Waals surface area contributed by atoms with Crippen LogP contribution in [-0.4, -0.2) is 35.6 Å². The molecule has 3 aromatic rings. The topological polar surface area (TPSA) is 85.4 Å². The van der Waals surface area contributed by atoms with Gasteiger partial charge in [0.1, 0.15) is 0 Å². The van der Waals surface area contributed by atoms with Gasteiger partial charge in [0, 0.05) is 17.4 Å². The molecule has 30 heavy (non-hydrogen) atoms. The number of rotatable bonds is 8. The Labute approximate surface area is 184 Å². The molecule has 0 aliphatic rings. The fourth-order valence-corrected chi connectivity index (χ4v) is 4.53. The predicted octanol–water partition coefficient (Wildman–Crippen LogP) is 5.04. The average Bonchev–Trinajstić information content (AvgIpc) is 3.17. The summed E-state index contributed by atoms with van der Waals surface area (Å²) in [5.74, 6) is 1.03. The molecule has 0 aliphatic heterocycles. The van der Waals surface area contributed by atoms with Crippen molar-refractivity contribution in [2.75, 3.05) is 24.9 Å². The second kappa shape index (κ2) is 9.82. The molecule has 1 unspecified atom stereocenters. The van der Waals surface area contributed by atoms with Gasteiger partial charge in [-0.2, -0.15) is 0 Å². The Morgan fingerprint density at radius 1 is 1.00 bits per heavy atom. The SMILES string of the molecule is COc1ccc(NC(=O)C(C)Sc2nnc(Nc3ccc(C)c(C)c3)s2)cc1OC. The molecule has 0 radical (unpaired) electrons. The molecule has 2 aromatic carbocycles. The van der Waals surface area contributed by atoms with Gasteiger partial charge in [-0.15, -0.1) is 10.2 Å². The number of aromatic nitrogens is 2. The van der Waals surface area contributed by atoms with Crippen molar-refractivity contribution in [3.8, 4) is 11.5 Å². The average molecular weight is 445 g/mol. The standard InChI is InChI=1S/C21H24N4O3S2/c1-12-6-7-15(10-13(12)2)23-20-24-25-21(30-20)29-14(3)19(26)22-16-8-9-17(27-4)18(11-16)28-5/h6-11,14H,1-5H3,(H,22,26)(H,23,24). The van der Waals surface area contributed by atoms with E-state index in [-0.39, 0.29) is 11.2 Å². The first-order valence-electron chi connectivity index (χ1n) is 9.27. The monoisotopic (exact) mass is 444 g/mol. The fourth-order valence-electron chi connectivity index (χ4n) is 2.61. The van der Waals surface area contributed by atoms with E-state index in [9.17, 15) is 4.79 Å². The molecule has 0 fully saturated rings. The summed E-state index contributed by atoms with van der Waals surface area (Å²) in [5.41, 5.74) is 4.05. The van der Waals surface area contributed by atoms with Crippen molar-refractivity contribution in [2.24, 2.45) is 0 Å². The van der Waals surface area contributed by atoms with Crippen LogP contribution >= 0.6 is 23.1 Å². The van der Waals surface area contributed by atoms with E-state index in [1.54, 1.807) is 32.4 Å². The van der Waals surface area contributed by atoms with Gasteiger partial charge >= 0.3 is 0 Å². The minimum absolute atomic E-state index is 0.133. The number of nitrogens with one attached hydrogen (secondary N) is 2. The van der Waals surface area contributed by atoms with Crippen LogP contribution in [0.25, 0.3) is 0 Å². The van der Waals surface area contributed by atoms with Crippen molar-refractivity contribution < 1.29 is 14.3 Å². The van der Waals surface area contributed by atoms with Crippen LogP contribution in [-0.2, 0) is 4.79 Å². The molecule has 1 atom stereocenters. The van der Waals surface area contributed by atoms with E-state index < -0.39 is 0 Å². The van der Waals surface area contributed by atoms with Crippen LogP contribution < -0.4 is 20.1 Å². The molecule has 9 heteroatoms. The van der Waals surface area contributed by atoms with Gasteiger partial charge in [-0.05, 0) is 56.2 Å². The van der Waals surface area contributed by atoms with E-state index in [2.05, 4.69) is 46.8 Å². The Hall–Kier alpha value is -2.78. The van der Waals surface area contributed by atoms with E-state index in [1.165, 1.54) is 34.2 Å². The lowest BCUT2D eigenvalue weighted by molar-refractivity contribution is -0.115. The minimum Gasteiger partial charge on any atom is -0.493 e. The maximum atomic E-state index is 12.6. The highest BCUT2D eigenvalue weighted by atomic mass is 32.2. The quantitative estimate of drug-likeness (QED) is 0.471.